The summed E-state index contributed by atoms with van der Waals surface area (Å²) in [6.07, 6.45) is 0.00510. The Morgan fingerprint density at radius 2 is 2.18 bits per heavy atom. The lowest BCUT2D eigenvalue weighted by Crippen LogP contribution is -2.01. The van der Waals surface area contributed by atoms with Crippen LogP contribution in [0.15, 0.2) is 24.3 Å². The lowest BCUT2D eigenvalue weighted by Gasteiger charge is -1.95. The van der Waals surface area contributed by atoms with Crippen molar-refractivity contribution in [3.63, 3.8) is 0 Å². The smallest absolute Gasteiger partial charge is 0.335 e. The van der Waals surface area contributed by atoms with Gasteiger partial charge < -0.3 is 9.84 Å². The number of carboxylic acids is 1. The van der Waals surface area contributed by atoms with Crippen LogP contribution < -0.4 is 0 Å². The molecule has 1 aromatic carbocycles. The second-order valence-electron chi connectivity index (χ2n) is 3.17. The average Bonchev–Trinajstić information content (AvgIpc) is 2.30. The van der Waals surface area contributed by atoms with Gasteiger partial charge in [0.05, 0.1) is 12.2 Å². The Hall–Kier alpha value is -2.28. The molecule has 0 aliphatic heterocycles. The van der Waals surface area contributed by atoms with E-state index >= 15 is 0 Å². The zero-order valence-electron chi connectivity index (χ0n) is 9.40. The number of rotatable bonds is 3. The van der Waals surface area contributed by atoms with Crippen LogP contribution in [0, 0.1) is 11.8 Å². The van der Waals surface area contributed by atoms with Crippen molar-refractivity contribution in [1.82, 2.24) is 0 Å². The number of esters is 1. The Morgan fingerprint density at radius 1 is 1.41 bits per heavy atom. The van der Waals surface area contributed by atoms with Crippen molar-refractivity contribution in [2.75, 3.05) is 6.61 Å². The summed E-state index contributed by atoms with van der Waals surface area (Å²) in [4.78, 5) is 21.7. The minimum atomic E-state index is -1.00. The third kappa shape index (κ3) is 4.39. The number of hydrogen-bond acceptors (Lipinski definition) is 3. The average molecular weight is 232 g/mol. The van der Waals surface area contributed by atoms with Crippen molar-refractivity contribution in [3.05, 3.63) is 35.4 Å². The summed E-state index contributed by atoms with van der Waals surface area (Å²) in [5.74, 6) is 3.97. The molecule has 0 saturated carbocycles. The van der Waals surface area contributed by atoms with Crippen molar-refractivity contribution in [1.29, 1.82) is 0 Å². The van der Waals surface area contributed by atoms with E-state index in [4.69, 9.17) is 9.84 Å². The highest BCUT2D eigenvalue weighted by Crippen LogP contribution is 2.03. The zero-order chi connectivity index (χ0) is 12.7. The Labute approximate surface area is 99.2 Å². The highest BCUT2D eigenvalue weighted by molar-refractivity contribution is 5.88. The van der Waals surface area contributed by atoms with Crippen LogP contribution in [0.4, 0.5) is 0 Å². The second-order valence-corrected chi connectivity index (χ2v) is 3.17. The van der Waals surface area contributed by atoms with Gasteiger partial charge in [0, 0.05) is 5.56 Å². The molecule has 0 heterocycles. The van der Waals surface area contributed by atoms with Crippen molar-refractivity contribution in [2.24, 2.45) is 0 Å². The van der Waals surface area contributed by atoms with Gasteiger partial charge in [0.1, 0.15) is 6.42 Å². The van der Waals surface area contributed by atoms with Crippen LogP contribution in [0.2, 0.25) is 0 Å². The molecule has 0 spiro atoms. The molecular weight excluding hydrogens is 220 g/mol. The van der Waals surface area contributed by atoms with Crippen LogP contribution in [0.3, 0.4) is 0 Å². The van der Waals surface area contributed by atoms with Crippen LogP contribution in [0.1, 0.15) is 29.3 Å². The van der Waals surface area contributed by atoms with E-state index in [1.165, 1.54) is 12.1 Å². The number of carbonyl (C=O) groups is 2. The molecule has 0 fully saturated rings. The van der Waals surface area contributed by atoms with Crippen LogP contribution in [-0.4, -0.2) is 23.7 Å². The van der Waals surface area contributed by atoms with Crippen molar-refractivity contribution >= 4 is 11.9 Å². The van der Waals surface area contributed by atoms with E-state index in [1.807, 2.05) is 0 Å². The van der Waals surface area contributed by atoms with Gasteiger partial charge in [-0.2, -0.15) is 0 Å². The maximum Gasteiger partial charge on any atom is 0.335 e. The van der Waals surface area contributed by atoms with Crippen molar-refractivity contribution in [2.45, 2.75) is 13.3 Å². The molecule has 4 heteroatoms. The van der Waals surface area contributed by atoms with Crippen LogP contribution in [0.5, 0.6) is 0 Å². The molecule has 0 aliphatic rings. The van der Waals surface area contributed by atoms with E-state index in [-0.39, 0.29) is 18.0 Å². The summed E-state index contributed by atoms with van der Waals surface area (Å²) < 4.78 is 4.71. The number of carbonyl (C=O) groups excluding carboxylic acids is 1. The third-order valence-electron chi connectivity index (χ3n) is 1.88. The summed E-state index contributed by atoms with van der Waals surface area (Å²) in [5.41, 5.74) is 0.738. The number of ether oxygens (including phenoxy) is 1. The normalized spacial score (nSPS) is 9.00. The largest absolute Gasteiger partial charge is 0.478 e. The Kier molecular flexibility index (Phi) is 4.77. The van der Waals surface area contributed by atoms with Crippen LogP contribution in [0.25, 0.3) is 0 Å². The summed E-state index contributed by atoms with van der Waals surface area (Å²) in [5, 5.41) is 8.77. The van der Waals surface area contributed by atoms with E-state index in [1.54, 1.807) is 19.1 Å². The lowest BCUT2D eigenvalue weighted by atomic mass is 10.1. The molecule has 1 N–H and O–H groups in total. The van der Waals surface area contributed by atoms with Crippen molar-refractivity contribution < 1.29 is 19.4 Å². The van der Waals surface area contributed by atoms with Gasteiger partial charge >= 0.3 is 11.9 Å². The maximum atomic E-state index is 11.0. The lowest BCUT2D eigenvalue weighted by molar-refractivity contribution is -0.141. The third-order valence-corrected chi connectivity index (χ3v) is 1.88. The fourth-order valence-electron chi connectivity index (χ4n) is 1.16. The molecule has 4 nitrogen and oxygen atoms in total. The molecule has 0 amide bonds. The highest BCUT2D eigenvalue weighted by atomic mass is 16.5. The number of aromatic carboxylic acids is 1. The van der Waals surface area contributed by atoms with Gasteiger partial charge in [-0.05, 0) is 25.1 Å². The monoisotopic (exact) mass is 232 g/mol. The van der Waals surface area contributed by atoms with E-state index in [2.05, 4.69) is 11.8 Å². The SMILES string of the molecule is CCOC(=O)CC#Cc1cccc(C(=O)O)c1. The van der Waals surface area contributed by atoms with Gasteiger partial charge in [-0.15, -0.1) is 0 Å². The van der Waals surface area contributed by atoms with Crippen LogP contribution in [-0.2, 0) is 9.53 Å². The number of carboxylic acid groups (broad SMARTS) is 1. The molecular formula is C13H12O4. The zero-order valence-corrected chi connectivity index (χ0v) is 9.40. The Morgan fingerprint density at radius 3 is 2.82 bits per heavy atom. The van der Waals surface area contributed by atoms with E-state index < -0.39 is 5.97 Å². The predicted molar refractivity (Wildman–Crippen MR) is 61.5 cm³/mol. The molecule has 1 aromatic rings. The fourth-order valence-corrected chi connectivity index (χ4v) is 1.16. The van der Waals surface area contributed by atoms with E-state index in [0.29, 0.717) is 12.2 Å². The van der Waals surface area contributed by atoms with Crippen LogP contribution >= 0.6 is 0 Å². The first-order chi connectivity index (χ1) is 8.13. The first-order valence-corrected chi connectivity index (χ1v) is 5.11. The predicted octanol–water partition coefficient (Wildman–Crippen LogP) is 1.69. The second kappa shape index (κ2) is 6.33. The fraction of sp³-hybridized carbons (Fsp3) is 0.231. The molecule has 0 aliphatic carbocycles. The molecule has 0 atom stereocenters. The van der Waals surface area contributed by atoms with Gasteiger partial charge in [0.2, 0.25) is 0 Å². The van der Waals surface area contributed by atoms with Gasteiger partial charge in [-0.3, -0.25) is 4.79 Å². The molecule has 0 radical (unpaired) electrons. The van der Waals surface area contributed by atoms with Gasteiger partial charge in [-0.1, -0.05) is 17.9 Å². The molecule has 0 bridgehead atoms. The molecule has 0 saturated heterocycles. The molecule has 17 heavy (non-hydrogen) atoms. The standard InChI is InChI=1S/C13H12O4/c1-2-17-12(14)8-4-6-10-5-3-7-11(9-10)13(15)16/h3,5,7,9H,2,8H2,1H3,(H,15,16). The summed E-state index contributed by atoms with van der Waals surface area (Å²) in [6.45, 7) is 2.05. The quantitative estimate of drug-likeness (QED) is 0.636. The topological polar surface area (TPSA) is 63.6 Å². The maximum absolute atomic E-state index is 11.0. The van der Waals surface area contributed by atoms with Gasteiger partial charge in [0.15, 0.2) is 0 Å². The molecule has 1 rings (SSSR count). The Bertz CT molecular complexity index is 480. The van der Waals surface area contributed by atoms with Crippen molar-refractivity contribution in [3.8, 4) is 11.8 Å². The summed E-state index contributed by atoms with van der Waals surface area (Å²) >= 11 is 0. The first kappa shape index (κ1) is 12.8. The highest BCUT2D eigenvalue weighted by Gasteiger charge is 2.01. The summed E-state index contributed by atoms with van der Waals surface area (Å²) in [7, 11) is 0. The number of hydrogen-bond donors (Lipinski definition) is 1. The van der Waals surface area contributed by atoms with E-state index in [0.717, 1.165) is 0 Å². The Balaban J connectivity index is 2.69. The molecule has 88 valence electrons. The van der Waals surface area contributed by atoms with Gasteiger partial charge in [0.25, 0.3) is 0 Å². The molecule has 0 unspecified atom stereocenters. The first-order valence-electron chi connectivity index (χ1n) is 5.11. The van der Waals surface area contributed by atoms with Gasteiger partial charge in [-0.25, -0.2) is 4.79 Å². The number of benzene rings is 1. The minimum Gasteiger partial charge on any atom is -0.478 e. The molecule has 0 aromatic heterocycles. The van der Waals surface area contributed by atoms with E-state index in [9.17, 15) is 9.59 Å². The minimum absolute atomic E-state index is 0.00510. The summed E-state index contributed by atoms with van der Waals surface area (Å²) in [6, 6.07) is 6.24.